The van der Waals surface area contributed by atoms with Gasteiger partial charge in [-0.3, -0.25) is 14.3 Å². The summed E-state index contributed by atoms with van der Waals surface area (Å²) in [6, 6.07) is 5.06. The number of oxazole rings is 1. The van der Waals surface area contributed by atoms with Crippen LogP contribution in [0.3, 0.4) is 0 Å². The third-order valence-corrected chi connectivity index (χ3v) is 4.10. The Morgan fingerprint density at radius 1 is 1.26 bits per heavy atom. The lowest BCUT2D eigenvalue weighted by Gasteiger charge is -2.01. The van der Waals surface area contributed by atoms with E-state index < -0.39 is 5.91 Å². The van der Waals surface area contributed by atoms with Crippen LogP contribution in [0.1, 0.15) is 12.3 Å². The number of halogens is 2. The molecule has 3 aromatic rings. The second-order valence-electron chi connectivity index (χ2n) is 5.68. The van der Waals surface area contributed by atoms with Gasteiger partial charge in [-0.25, -0.2) is 4.98 Å². The topological polar surface area (TPSA) is 116 Å². The van der Waals surface area contributed by atoms with E-state index in [-0.39, 0.29) is 18.9 Å². The van der Waals surface area contributed by atoms with Crippen molar-refractivity contribution in [2.24, 2.45) is 5.73 Å². The van der Waals surface area contributed by atoms with Crippen LogP contribution in [0.5, 0.6) is 0 Å². The summed E-state index contributed by atoms with van der Waals surface area (Å²) in [4.78, 5) is 27.0. The maximum absolute atomic E-state index is 12.0. The van der Waals surface area contributed by atoms with Crippen LogP contribution in [-0.4, -0.2) is 26.6 Å². The Morgan fingerprint density at radius 3 is 2.81 bits per heavy atom. The van der Waals surface area contributed by atoms with Gasteiger partial charge in [0, 0.05) is 29.6 Å². The van der Waals surface area contributed by atoms with Gasteiger partial charge in [-0.15, -0.1) is 0 Å². The van der Waals surface area contributed by atoms with Crippen LogP contribution in [0.15, 0.2) is 41.2 Å². The Balaban J connectivity index is 1.56. The normalized spacial score (nSPS) is 10.7. The predicted molar refractivity (Wildman–Crippen MR) is 100 cm³/mol. The van der Waals surface area contributed by atoms with E-state index in [1.54, 1.807) is 24.4 Å². The second-order valence-corrected chi connectivity index (χ2v) is 6.53. The van der Waals surface area contributed by atoms with Gasteiger partial charge in [-0.2, -0.15) is 5.10 Å². The fraction of sp³-hybridized carbons (Fsp3) is 0.176. The Labute approximate surface area is 164 Å². The van der Waals surface area contributed by atoms with Crippen LogP contribution in [0.4, 0.5) is 5.69 Å². The van der Waals surface area contributed by atoms with Gasteiger partial charge in [0.2, 0.25) is 11.8 Å². The SMILES string of the molecule is NC(=O)Cn1cc(NC(=O)CCc2ncc(-c3ccc(Cl)cc3Cl)o2)cn1. The molecule has 0 radical (unpaired) electrons. The molecule has 2 aromatic heterocycles. The minimum atomic E-state index is -0.517. The Kier molecular flexibility index (Phi) is 5.78. The number of benzene rings is 1. The predicted octanol–water partition coefficient (Wildman–Crippen LogP) is 2.90. The summed E-state index contributed by atoms with van der Waals surface area (Å²) >= 11 is 12.0. The molecule has 0 saturated carbocycles. The highest BCUT2D eigenvalue weighted by molar-refractivity contribution is 6.36. The molecule has 0 atom stereocenters. The van der Waals surface area contributed by atoms with Crippen molar-refractivity contribution in [1.29, 1.82) is 0 Å². The van der Waals surface area contributed by atoms with Crippen molar-refractivity contribution in [2.75, 3.05) is 5.32 Å². The monoisotopic (exact) mass is 407 g/mol. The summed E-state index contributed by atoms with van der Waals surface area (Å²) in [7, 11) is 0. The molecule has 10 heteroatoms. The van der Waals surface area contributed by atoms with Crippen molar-refractivity contribution in [3.05, 3.63) is 52.7 Å². The number of hydrogen-bond acceptors (Lipinski definition) is 5. The molecule has 0 fully saturated rings. The molecule has 8 nitrogen and oxygen atoms in total. The summed E-state index contributed by atoms with van der Waals surface area (Å²) in [6.07, 6.45) is 4.99. The summed E-state index contributed by atoms with van der Waals surface area (Å²) in [6.45, 7) is -0.0534. The van der Waals surface area contributed by atoms with E-state index in [1.165, 1.54) is 17.1 Å². The van der Waals surface area contributed by atoms with Crippen molar-refractivity contribution in [3.8, 4) is 11.3 Å². The highest BCUT2D eigenvalue weighted by Crippen LogP contribution is 2.30. The van der Waals surface area contributed by atoms with Crippen LogP contribution >= 0.6 is 23.2 Å². The molecule has 0 bridgehead atoms. The second kappa shape index (κ2) is 8.24. The molecule has 0 saturated heterocycles. The molecule has 0 spiro atoms. The van der Waals surface area contributed by atoms with Gasteiger partial charge in [0.15, 0.2) is 11.7 Å². The molecule has 3 rings (SSSR count). The summed E-state index contributed by atoms with van der Waals surface area (Å²) in [5, 5.41) is 7.59. The van der Waals surface area contributed by atoms with Crippen LogP contribution in [0.2, 0.25) is 10.0 Å². The van der Waals surface area contributed by atoms with Crippen molar-refractivity contribution in [2.45, 2.75) is 19.4 Å². The highest BCUT2D eigenvalue weighted by Gasteiger charge is 2.12. The first-order valence-electron chi connectivity index (χ1n) is 7.91. The van der Waals surface area contributed by atoms with Gasteiger partial charge in [0.05, 0.1) is 23.1 Å². The summed E-state index contributed by atoms with van der Waals surface area (Å²) in [5.41, 5.74) is 6.24. The smallest absolute Gasteiger partial charge is 0.239 e. The number of aryl methyl sites for hydroxylation is 1. The number of carbonyl (C=O) groups is 2. The minimum absolute atomic E-state index is 0.0534. The van der Waals surface area contributed by atoms with E-state index in [0.29, 0.717) is 39.4 Å². The van der Waals surface area contributed by atoms with Crippen LogP contribution in [-0.2, 0) is 22.6 Å². The first kappa shape index (κ1) is 18.9. The quantitative estimate of drug-likeness (QED) is 0.624. The molecule has 0 unspecified atom stereocenters. The van der Waals surface area contributed by atoms with Gasteiger partial charge in [0.1, 0.15) is 6.54 Å². The first-order valence-corrected chi connectivity index (χ1v) is 8.67. The lowest BCUT2D eigenvalue weighted by molar-refractivity contribution is -0.118. The maximum Gasteiger partial charge on any atom is 0.239 e. The number of rotatable bonds is 7. The molecule has 3 N–H and O–H groups in total. The highest BCUT2D eigenvalue weighted by atomic mass is 35.5. The van der Waals surface area contributed by atoms with E-state index >= 15 is 0 Å². The number of amides is 2. The van der Waals surface area contributed by atoms with Crippen LogP contribution in [0.25, 0.3) is 11.3 Å². The van der Waals surface area contributed by atoms with Gasteiger partial charge >= 0.3 is 0 Å². The molecule has 0 aliphatic rings. The molecule has 0 aliphatic carbocycles. The minimum Gasteiger partial charge on any atom is -0.441 e. The van der Waals surface area contributed by atoms with E-state index in [4.69, 9.17) is 33.4 Å². The molecular formula is C17H15Cl2N5O3. The van der Waals surface area contributed by atoms with E-state index in [0.717, 1.165) is 0 Å². The van der Waals surface area contributed by atoms with Gasteiger partial charge in [-0.05, 0) is 18.2 Å². The molecule has 140 valence electrons. The number of primary amides is 1. The Bertz CT molecular complexity index is 983. The van der Waals surface area contributed by atoms with Gasteiger partial charge < -0.3 is 15.5 Å². The fourth-order valence-electron chi connectivity index (χ4n) is 2.36. The molecule has 2 amide bonds. The number of hydrogen-bond donors (Lipinski definition) is 2. The Hall–Kier alpha value is -2.84. The first-order chi connectivity index (χ1) is 12.9. The third kappa shape index (κ3) is 5.08. The van der Waals surface area contributed by atoms with Gasteiger partial charge in [-0.1, -0.05) is 23.2 Å². The van der Waals surface area contributed by atoms with E-state index in [1.807, 2.05) is 0 Å². The molecule has 27 heavy (non-hydrogen) atoms. The summed E-state index contributed by atoms with van der Waals surface area (Å²) < 4.78 is 6.99. The lowest BCUT2D eigenvalue weighted by atomic mass is 10.2. The fourth-order valence-corrected chi connectivity index (χ4v) is 2.86. The largest absolute Gasteiger partial charge is 0.441 e. The molecular weight excluding hydrogens is 393 g/mol. The average Bonchev–Trinajstić information content (AvgIpc) is 3.22. The molecule has 2 heterocycles. The summed E-state index contributed by atoms with van der Waals surface area (Å²) in [5.74, 6) is 0.157. The number of carbonyl (C=O) groups excluding carboxylic acids is 2. The van der Waals surface area contributed by atoms with Gasteiger partial charge in [0.25, 0.3) is 0 Å². The van der Waals surface area contributed by atoms with Crippen molar-refractivity contribution >= 4 is 40.7 Å². The van der Waals surface area contributed by atoms with Crippen LogP contribution in [0, 0.1) is 0 Å². The zero-order valence-electron chi connectivity index (χ0n) is 14.0. The third-order valence-electron chi connectivity index (χ3n) is 3.55. The Morgan fingerprint density at radius 2 is 2.07 bits per heavy atom. The number of aromatic nitrogens is 3. The lowest BCUT2D eigenvalue weighted by Crippen LogP contribution is -2.18. The van der Waals surface area contributed by atoms with Crippen molar-refractivity contribution < 1.29 is 14.0 Å². The number of nitrogens with one attached hydrogen (secondary N) is 1. The van der Waals surface area contributed by atoms with Crippen molar-refractivity contribution in [3.63, 3.8) is 0 Å². The zero-order valence-corrected chi connectivity index (χ0v) is 15.5. The number of anilines is 1. The molecule has 1 aromatic carbocycles. The van der Waals surface area contributed by atoms with Crippen molar-refractivity contribution in [1.82, 2.24) is 14.8 Å². The number of nitrogens with zero attached hydrogens (tertiary/aromatic N) is 3. The average molecular weight is 408 g/mol. The van der Waals surface area contributed by atoms with E-state index in [2.05, 4.69) is 15.4 Å². The van der Waals surface area contributed by atoms with E-state index in [9.17, 15) is 9.59 Å². The zero-order chi connectivity index (χ0) is 19.4. The standard InChI is InChI=1S/C17H15Cl2N5O3/c18-10-1-2-12(13(19)5-10)14-7-21-17(27-14)4-3-16(26)23-11-6-22-24(8-11)9-15(20)25/h1-2,5-8H,3-4,9H2,(H2,20,25)(H,23,26). The van der Waals surface area contributed by atoms with Crippen LogP contribution < -0.4 is 11.1 Å². The number of nitrogens with two attached hydrogens (primary N) is 1. The molecule has 0 aliphatic heterocycles. The maximum atomic E-state index is 12.0.